The number of fused-ring (bicyclic) bond motifs is 2. The lowest BCUT2D eigenvalue weighted by atomic mass is 10.1. The first-order valence-electron chi connectivity index (χ1n) is 7.19. The molecule has 7 heteroatoms. The van der Waals surface area contributed by atoms with Gasteiger partial charge in [-0.2, -0.15) is 4.68 Å². The molecule has 2 aromatic carbocycles. The first-order valence-corrected chi connectivity index (χ1v) is 8.07. The Morgan fingerprint density at radius 2 is 1.88 bits per heavy atom. The Kier molecular flexibility index (Phi) is 3.28. The molecule has 2 heterocycles. The molecular weight excluding hydrogens is 324 g/mol. The van der Waals surface area contributed by atoms with E-state index in [0.717, 1.165) is 20.3 Å². The van der Waals surface area contributed by atoms with Crippen LogP contribution >= 0.6 is 11.3 Å². The van der Waals surface area contributed by atoms with Crippen LogP contribution in [0.2, 0.25) is 0 Å². The zero-order valence-electron chi connectivity index (χ0n) is 12.4. The average Bonchev–Trinajstić information content (AvgIpc) is 3.10. The van der Waals surface area contributed by atoms with Crippen LogP contribution in [0.4, 0.5) is 4.79 Å². The summed E-state index contributed by atoms with van der Waals surface area (Å²) in [6.45, 7) is 0. The van der Waals surface area contributed by atoms with E-state index in [1.165, 1.54) is 11.3 Å². The summed E-state index contributed by atoms with van der Waals surface area (Å²) < 4.78 is 1.10. The highest BCUT2D eigenvalue weighted by Gasteiger charge is 2.15. The molecule has 118 valence electrons. The van der Waals surface area contributed by atoms with Gasteiger partial charge in [-0.05, 0) is 34.4 Å². The van der Waals surface area contributed by atoms with Crippen LogP contribution < -0.4 is 16.7 Å². The highest BCUT2D eigenvalue weighted by Crippen LogP contribution is 2.25. The van der Waals surface area contributed by atoms with Gasteiger partial charge in [0, 0.05) is 0 Å². The number of aromatic nitrogens is 2. The monoisotopic (exact) mass is 336 g/mol. The molecule has 0 saturated heterocycles. The van der Waals surface area contributed by atoms with Crippen LogP contribution in [0.5, 0.6) is 0 Å². The van der Waals surface area contributed by atoms with E-state index >= 15 is 0 Å². The number of rotatable bonds is 2. The van der Waals surface area contributed by atoms with Crippen LogP contribution in [0.3, 0.4) is 0 Å². The number of hydrogen-bond donors (Lipinski definition) is 2. The number of benzene rings is 2. The number of nitrogens with one attached hydrogen (secondary N) is 1. The van der Waals surface area contributed by atoms with Gasteiger partial charge in [-0.3, -0.25) is 4.79 Å². The number of hydrogen-bond acceptors (Lipinski definition) is 4. The van der Waals surface area contributed by atoms with Crippen LogP contribution in [0.1, 0.15) is 0 Å². The van der Waals surface area contributed by atoms with Gasteiger partial charge in [-0.15, -0.1) is 11.3 Å². The van der Waals surface area contributed by atoms with Gasteiger partial charge >= 0.3 is 6.03 Å². The number of nitrogens with two attached hydrogens (primary N) is 1. The molecule has 0 unspecified atom stereocenters. The van der Waals surface area contributed by atoms with Crippen LogP contribution in [0.15, 0.2) is 58.7 Å². The van der Waals surface area contributed by atoms with Gasteiger partial charge in [0.05, 0.1) is 15.8 Å². The van der Waals surface area contributed by atoms with E-state index in [1.807, 2.05) is 47.8 Å². The van der Waals surface area contributed by atoms with Crippen molar-refractivity contribution in [2.24, 2.45) is 5.73 Å². The highest BCUT2D eigenvalue weighted by atomic mass is 32.1. The van der Waals surface area contributed by atoms with Crippen LogP contribution in [-0.4, -0.2) is 15.7 Å². The van der Waals surface area contributed by atoms with E-state index in [2.05, 4.69) is 10.4 Å². The molecule has 6 nitrogen and oxygen atoms in total. The van der Waals surface area contributed by atoms with Crippen LogP contribution in [-0.2, 0) is 0 Å². The highest BCUT2D eigenvalue weighted by molar-refractivity contribution is 7.13. The number of carbonyl (C=O) groups excluding carboxylic acids is 1. The van der Waals surface area contributed by atoms with Gasteiger partial charge < -0.3 is 5.73 Å². The van der Waals surface area contributed by atoms with Crippen LogP contribution in [0.25, 0.3) is 32.4 Å². The predicted octanol–water partition coefficient (Wildman–Crippen LogP) is 2.90. The number of carbonyl (C=O) groups is 1. The van der Waals surface area contributed by atoms with Gasteiger partial charge in [0.1, 0.15) is 0 Å². The van der Waals surface area contributed by atoms with Crippen molar-refractivity contribution in [1.82, 2.24) is 9.66 Å². The number of thiophene rings is 1. The summed E-state index contributed by atoms with van der Waals surface area (Å²) in [5, 5.41) is 4.22. The Bertz CT molecular complexity index is 1130. The summed E-state index contributed by atoms with van der Waals surface area (Å²) in [6.07, 6.45) is 0. The lowest BCUT2D eigenvalue weighted by molar-refractivity contribution is 0.257. The van der Waals surface area contributed by atoms with Crippen molar-refractivity contribution >= 4 is 39.0 Å². The first kappa shape index (κ1) is 14.4. The standard InChI is InChI=1S/C17H12N4O2S/c18-17(23)20-21-15(14-6-3-7-24-14)19-13-9-11-5-2-1-4-10(11)8-12(13)16(21)22/h1-9H,(H3,18,20,23). The lowest BCUT2D eigenvalue weighted by Gasteiger charge is -2.12. The second kappa shape index (κ2) is 5.47. The minimum absolute atomic E-state index is 0.358. The van der Waals surface area contributed by atoms with Crippen molar-refractivity contribution < 1.29 is 4.79 Å². The smallest absolute Gasteiger partial charge is 0.331 e. The minimum Gasteiger partial charge on any atom is -0.350 e. The molecule has 0 bridgehead atoms. The maximum atomic E-state index is 12.9. The van der Waals surface area contributed by atoms with Gasteiger partial charge in [0.25, 0.3) is 5.56 Å². The molecule has 0 spiro atoms. The van der Waals surface area contributed by atoms with Gasteiger partial charge in [0.15, 0.2) is 5.82 Å². The SMILES string of the molecule is NC(=O)Nn1c(-c2cccs2)nc2cc3ccccc3cc2c1=O. The molecule has 3 N–H and O–H groups in total. The minimum atomic E-state index is -0.822. The van der Waals surface area contributed by atoms with E-state index in [0.29, 0.717) is 16.7 Å². The molecule has 0 fully saturated rings. The third-order valence-electron chi connectivity index (χ3n) is 3.70. The van der Waals surface area contributed by atoms with Crippen LogP contribution in [0, 0.1) is 0 Å². The predicted molar refractivity (Wildman–Crippen MR) is 95.8 cm³/mol. The number of nitrogens with zero attached hydrogens (tertiary/aromatic N) is 2. The van der Waals surface area contributed by atoms with Crippen molar-refractivity contribution in [2.45, 2.75) is 0 Å². The summed E-state index contributed by atoms with van der Waals surface area (Å²) in [5.74, 6) is 0.358. The molecule has 2 aromatic heterocycles. The van der Waals surface area contributed by atoms with Gasteiger partial charge in [0.2, 0.25) is 0 Å². The summed E-state index contributed by atoms with van der Waals surface area (Å²) in [7, 11) is 0. The normalized spacial score (nSPS) is 11.0. The summed E-state index contributed by atoms with van der Waals surface area (Å²) in [6, 6.07) is 14.2. The molecular formula is C17H12N4O2S. The Balaban J connectivity index is 2.11. The van der Waals surface area contributed by atoms with Gasteiger partial charge in [-0.1, -0.05) is 30.3 Å². The van der Waals surface area contributed by atoms with Crippen molar-refractivity contribution in [3.63, 3.8) is 0 Å². The van der Waals surface area contributed by atoms with E-state index in [4.69, 9.17) is 5.73 Å². The average molecular weight is 336 g/mol. The topological polar surface area (TPSA) is 90.0 Å². The molecule has 0 atom stereocenters. The van der Waals surface area contributed by atoms with Gasteiger partial charge in [-0.25, -0.2) is 15.2 Å². The number of urea groups is 1. The zero-order valence-corrected chi connectivity index (χ0v) is 13.2. The maximum absolute atomic E-state index is 12.9. The Morgan fingerprint density at radius 3 is 2.54 bits per heavy atom. The molecule has 2 amide bonds. The fourth-order valence-corrected chi connectivity index (χ4v) is 3.36. The van der Waals surface area contributed by atoms with E-state index < -0.39 is 6.03 Å². The fraction of sp³-hybridized carbons (Fsp3) is 0. The molecule has 24 heavy (non-hydrogen) atoms. The molecule has 0 saturated carbocycles. The second-order valence-electron chi connectivity index (χ2n) is 5.25. The number of amides is 2. The molecule has 4 rings (SSSR count). The van der Waals surface area contributed by atoms with Crippen molar-refractivity contribution in [1.29, 1.82) is 0 Å². The van der Waals surface area contributed by atoms with Crippen molar-refractivity contribution in [2.75, 3.05) is 5.43 Å². The largest absolute Gasteiger partial charge is 0.350 e. The molecule has 0 aliphatic carbocycles. The molecule has 0 radical (unpaired) electrons. The van der Waals surface area contributed by atoms with Crippen molar-refractivity contribution in [3.8, 4) is 10.7 Å². The molecule has 4 aromatic rings. The fourth-order valence-electron chi connectivity index (χ4n) is 2.66. The first-order chi connectivity index (χ1) is 11.6. The Morgan fingerprint density at radius 1 is 1.12 bits per heavy atom. The van der Waals surface area contributed by atoms with Crippen molar-refractivity contribution in [3.05, 3.63) is 64.3 Å². The third kappa shape index (κ3) is 2.31. The summed E-state index contributed by atoms with van der Waals surface area (Å²) in [5.41, 5.74) is 7.78. The Hall–Kier alpha value is -3.19. The molecule has 0 aliphatic heterocycles. The quantitative estimate of drug-likeness (QED) is 0.552. The second-order valence-corrected chi connectivity index (χ2v) is 6.19. The van der Waals surface area contributed by atoms with E-state index in [9.17, 15) is 9.59 Å². The maximum Gasteiger partial charge on any atom is 0.331 e. The lowest BCUT2D eigenvalue weighted by Crippen LogP contribution is -2.37. The number of primary amides is 1. The summed E-state index contributed by atoms with van der Waals surface area (Å²) >= 11 is 1.42. The third-order valence-corrected chi connectivity index (χ3v) is 4.57. The zero-order chi connectivity index (χ0) is 16.7. The van der Waals surface area contributed by atoms with E-state index in [-0.39, 0.29) is 5.56 Å². The Labute approximate surface area is 140 Å². The molecule has 0 aliphatic rings. The van der Waals surface area contributed by atoms with E-state index in [1.54, 1.807) is 6.07 Å². The summed E-state index contributed by atoms with van der Waals surface area (Å²) in [4.78, 5) is 29.5.